The van der Waals surface area contributed by atoms with E-state index in [1.807, 2.05) is 35.2 Å². The molecule has 1 heterocycles. The van der Waals surface area contributed by atoms with Crippen LogP contribution in [0.1, 0.15) is 10.4 Å². The van der Waals surface area contributed by atoms with E-state index < -0.39 is 0 Å². The maximum absolute atomic E-state index is 12.3. The summed E-state index contributed by atoms with van der Waals surface area (Å²) >= 11 is 5.34. The van der Waals surface area contributed by atoms with Crippen LogP contribution in [0.15, 0.2) is 30.3 Å². The predicted octanol–water partition coefficient (Wildman–Crippen LogP) is 0.965. The van der Waals surface area contributed by atoms with Crippen molar-refractivity contribution in [3.63, 3.8) is 0 Å². The first-order valence-electron chi connectivity index (χ1n) is 7.08. The second-order valence-corrected chi connectivity index (χ2v) is 5.26. The van der Waals surface area contributed by atoms with Crippen LogP contribution in [0.2, 0.25) is 0 Å². The molecule has 21 heavy (non-hydrogen) atoms. The fourth-order valence-corrected chi connectivity index (χ4v) is 2.53. The topological polar surface area (TPSA) is 44.8 Å². The van der Waals surface area contributed by atoms with Gasteiger partial charge in [-0.1, -0.05) is 18.2 Å². The van der Waals surface area contributed by atoms with Gasteiger partial charge < -0.3 is 19.9 Å². The molecular formula is C15H21N3O2S. The lowest BCUT2D eigenvalue weighted by Crippen LogP contribution is -2.53. The van der Waals surface area contributed by atoms with E-state index >= 15 is 0 Å². The number of thiocarbonyl (C=S) groups is 1. The van der Waals surface area contributed by atoms with Crippen molar-refractivity contribution >= 4 is 23.2 Å². The largest absolute Gasteiger partial charge is 0.383 e. The Kier molecular flexibility index (Phi) is 5.95. The number of benzene rings is 1. The molecule has 6 heteroatoms. The van der Waals surface area contributed by atoms with Crippen LogP contribution in [-0.2, 0) is 4.74 Å². The van der Waals surface area contributed by atoms with Gasteiger partial charge in [-0.05, 0) is 24.4 Å². The number of nitrogens with one attached hydrogen (secondary N) is 1. The molecule has 1 aliphatic heterocycles. The predicted molar refractivity (Wildman–Crippen MR) is 86.4 cm³/mol. The summed E-state index contributed by atoms with van der Waals surface area (Å²) in [6.45, 7) is 4.25. The van der Waals surface area contributed by atoms with Crippen molar-refractivity contribution in [3.05, 3.63) is 35.9 Å². The van der Waals surface area contributed by atoms with Crippen LogP contribution in [0.25, 0.3) is 0 Å². The van der Waals surface area contributed by atoms with Gasteiger partial charge in [0, 0.05) is 45.4 Å². The zero-order chi connectivity index (χ0) is 15.1. The lowest BCUT2D eigenvalue weighted by atomic mass is 10.2. The Morgan fingerprint density at radius 3 is 2.43 bits per heavy atom. The quantitative estimate of drug-likeness (QED) is 0.663. The summed E-state index contributed by atoms with van der Waals surface area (Å²) in [5.74, 6) is 0.0912. The molecule has 1 aromatic carbocycles. The van der Waals surface area contributed by atoms with Crippen molar-refractivity contribution in [2.75, 3.05) is 46.4 Å². The van der Waals surface area contributed by atoms with E-state index in [4.69, 9.17) is 17.0 Å². The number of nitrogens with zero attached hydrogens (tertiary/aromatic N) is 2. The Bertz CT molecular complexity index is 473. The number of ether oxygens (including phenoxy) is 1. The van der Waals surface area contributed by atoms with Gasteiger partial charge in [0.1, 0.15) is 0 Å². The zero-order valence-electron chi connectivity index (χ0n) is 12.2. The SMILES string of the molecule is COCCNC(=S)N1CCN(C(=O)c2ccccc2)CC1. The Hall–Kier alpha value is -1.66. The van der Waals surface area contributed by atoms with E-state index in [-0.39, 0.29) is 5.91 Å². The van der Waals surface area contributed by atoms with Gasteiger partial charge in [-0.2, -0.15) is 0 Å². The lowest BCUT2D eigenvalue weighted by Gasteiger charge is -2.36. The highest BCUT2D eigenvalue weighted by molar-refractivity contribution is 7.80. The van der Waals surface area contributed by atoms with E-state index in [9.17, 15) is 4.79 Å². The summed E-state index contributed by atoms with van der Waals surface area (Å²) in [7, 11) is 1.67. The first-order chi connectivity index (χ1) is 10.2. The summed E-state index contributed by atoms with van der Waals surface area (Å²) in [6.07, 6.45) is 0. The van der Waals surface area contributed by atoms with E-state index in [2.05, 4.69) is 10.2 Å². The molecule has 1 N–H and O–H groups in total. The van der Waals surface area contributed by atoms with Crippen LogP contribution in [-0.4, -0.2) is 67.3 Å². The van der Waals surface area contributed by atoms with Crippen LogP contribution < -0.4 is 5.32 Å². The molecule has 1 fully saturated rings. The smallest absolute Gasteiger partial charge is 0.253 e. The molecule has 1 saturated heterocycles. The maximum Gasteiger partial charge on any atom is 0.253 e. The number of amides is 1. The highest BCUT2D eigenvalue weighted by Crippen LogP contribution is 2.08. The number of carbonyl (C=O) groups excluding carboxylic acids is 1. The molecular weight excluding hydrogens is 286 g/mol. The van der Waals surface area contributed by atoms with Gasteiger partial charge in [0.2, 0.25) is 0 Å². The average molecular weight is 307 g/mol. The van der Waals surface area contributed by atoms with Gasteiger partial charge in [0.05, 0.1) is 6.61 Å². The molecule has 0 saturated carbocycles. The third-order valence-electron chi connectivity index (χ3n) is 3.46. The van der Waals surface area contributed by atoms with Crippen molar-refractivity contribution in [3.8, 4) is 0 Å². The third-order valence-corrected chi connectivity index (χ3v) is 3.86. The Balaban J connectivity index is 1.80. The minimum atomic E-state index is 0.0912. The fraction of sp³-hybridized carbons (Fsp3) is 0.467. The Labute approximate surface area is 130 Å². The minimum absolute atomic E-state index is 0.0912. The van der Waals surface area contributed by atoms with E-state index in [1.54, 1.807) is 7.11 Å². The number of rotatable bonds is 4. The number of hydrogen-bond acceptors (Lipinski definition) is 3. The maximum atomic E-state index is 12.3. The standard InChI is InChI=1S/C15H21N3O2S/c1-20-12-7-16-15(21)18-10-8-17(9-11-18)14(19)13-5-3-2-4-6-13/h2-6H,7-12H2,1H3,(H,16,21). The van der Waals surface area contributed by atoms with Crippen molar-refractivity contribution in [2.45, 2.75) is 0 Å². The van der Waals surface area contributed by atoms with E-state index in [1.165, 1.54) is 0 Å². The Morgan fingerprint density at radius 2 is 1.81 bits per heavy atom. The van der Waals surface area contributed by atoms with Crippen molar-refractivity contribution in [1.82, 2.24) is 15.1 Å². The van der Waals surface area contributed by atoms with Gasteiger partial charge in [-0.25, -0.2) is 0 Å². The first-order valence-corrected chi connectivity index (χ1v) is 7.49. The van der Waals surface area contributed by atoms with Crippen LogP contribution in [0.4, 0.5) is 0 Å². The fourth-order valence-electron chi connectivity index (χ4n) is 2.25. The summed E-state index contributed by atoms with van der Waals surface area (Å²) in [4.78, 5) is 16.3. The normalized spacial score (nSPS) is 14.9. The summed E-state index contributed by atoms with van der Waals surface area (Å²) in [6, 6.07) is 9.40. The van der Waals surface area contributed by atoms with Crippen LogP contribution in [0.5, 0.6) is 0 Å². The molecule has 1 aliphatic rings. The third kappa shape index (κ3) is 4.41. The molecule has 0 aliphatic carbocycles. The number of methoxy groups -OCH3 is 1. The Morgan fingerprint density at radius 1 is 1.19 bits per heavy atom. The van der Waals surface area contributed by atoms with E-state index in [0.29, 0.717) is 26.2 Å². The highest BCUT2D eigenvalue weighted by Gasteiger charge is 2.22. The first kappa shape index (κ1) is 15.7. The van der Waals surface area contributed by atoms with Gasteiger partial charge >= 0.3 is 0 Å². The van der Waals surface area contributed by atoms with Crippen LogP contribution in [0.3, 0.4) is 0 Å². The zero-order valence-corrected chi connectivity index (χ0v) is 13.1. The number of carbonyl (C=O) groups is 1. The van der Waals surface area contributed by atoms with E-state index in [0.717, 1.165) is 23.8 Å². The molecule has 1 aromatic rings. The second kappa shape index (κ2) is 7.95. The van der Waals surface area contributed by atoms with Gasteiger partial charge in [0.15, 0.2) is 5.11 Å². The van der Waals surface area contributed by atoms with Crippen molar-refractivity contribution < 1.29 is 9.53 Å². The van der Waals surface area contributed by atoms with Gasteiger partial charge in [0.25, 0.3) is 5.91 Å². The molecule has 0 bridgehead atoms. The van der Waals surface area contributed by atoms with Gasteiger partial charge in [-0.3, -0.25) is 4.79 Å². The lowest BCUT2D eigenvalue weighted by molar-refractivity contribution is 0.0691. The molecule has 0 spiro atoms. The second-order valence-electron chi connectivity index (χ2n) is 4.87. The monoisotopic (exact) mass is 307 g/mol. The van der Waals surface area contributed by atoms with Crippen LogP contribution in [0, 0.1) is 0 Å². The van der Waals surface area contributed by atoms with Gasteiger partial charge in [-0.15, -0.1) is 0 Å². The summed E-state index contributed by atoms with van der Waals surface area (Å²) in [5.41, 5.74) is 0.742. The molecule has 0 aromatic heterocycles. The molecule has 0 radical (unpaired) electrons. The van der Waals surface area contributed by atoms with Crippen molar-refractivity contribution in [2.24, 2.45) is 0 Å². The minimum Gasteiger partial charge on any atom is -0.383 e. The number of hydrogen-bond donors (Lipinski definition) is 1. The average Bonchev–Trinajstić information content (AvgIpc) is 2.55. The molecule has 5 nitrogen and oxygen atoms in total. The molecule has 0 atom stereocenters. The highest BCUT2D eigenvalue weighted by atomic mass is 32.1. The summed E-state index contributed by atoms with van der Waals surface area (Å²) in [5, 5.41) is 3.89. The summed E-state index contributed by atoms with van der Waals surface area (Å²) < 4.78 is 4.98. The molecule has 1 amide bonds. The number of piperazine rings is 1. The molecule has 2 rings (SSSR count). The molecule has 0 unspecified atom stereocenters. The molecule has 114 valence electrons. The van der Waals surface area contributed by atoms with Crippen LogP contribution >= 0.6 is 12.2 Å². The van der Waals surface area contributed by atoms with Crippen molar-refractivity contribution in [1.29, 1.82) is 0 Å².